The summed E-state index contributed by atoms with van der Waals surface area (Å²) >= 11 is 0. The summed E-state index contributed by atoms with van der Waals surface area (Å²) in [6.45, 7) is 2.17. The first-order valence-corrected chi connectivity index (χ1v) is 13.4. The van der Waals surface area contributed by atoms with E-state index in [0.29, 0.717) is 30.6 Å². The number of amides is 4. The largest absolute Gasteiger partial charge is 0.337 e. The lowest BCUT2D eigenvalue weighted by Crippen LogP contribution is -2.72. The number of rotatable bonds is 7. The summed E-state index contributed by atoms with van der Waals surface area (Å²) in [6, 6.07) is 21.2. The van der Waals surface area contributed by atoms with Crippen LogP contribution < -0.4 is 5.32 Å². The average molecular weight is 543 g/mol. The predicted octanol–water partition coefficient (Wildman–Crippen LogP) is 4.12. The lowest BCUT2D eigenvalue weighted by atomic mass is 9.97. The van der Waals surface area contributed by atoms with Crippen LogP contribution in [0, 0.1) is 5.82 Å². The van der Waals surface area contributed by atoms with Crippen LogP contribution >= 0.6 is 0 Å². The third-order valence-corrected chi connectivity index (χ3v) is 7.49. The van der Waals surface area contributed by atoms with Crippen molar-refractivity contribution in [3.63, 3.8) is 0 Å². The van der Waals surface area contributed by atoms with Crippen molar-refractivity contribution in [2.45, 2.75) is 38.4 Å². The van der Waals surface area contributed by atoms with Crippen LogP contribution in [0.15, 0.2) is 78.9 Å². The molecular weight excluding hydrogens is 511 g/mol. The fourth-order valence-corrected chi connectivity index (χ4v) is 5.40. The van der Waals surface area contributed by atoms with Gasteiger partial charge in [-0.1, -0.05) is 42.5 Å². The standard InChI is InChI=1S/C31H31FN4O4/c1-21(37)24-10-12-26(13-11-24)33-31(40)35-17-15-29(38)36-27(19-22-6-3-2-4-7-22)30(39)34(20-28(35)36)16-14-23-8-5-9-25(32)18-23/h2-13,18,27-28H,14-17,19-20H2,1H3,(H,33,40)/t27-,28+/m0/s1. The van der Waals surface area contributed by atoms with Crippen molar-refractivity contribution in [2.75, 3.05) is 25.0 Å². The fourth-order valence-electron chi connectivity index (χ4n) is 5.40. The van der Waals surface area contributed by atoms with Crippen LogP contribution in [-0.2, 0) is 22.4 Å². The van der Waals surface area contributed by atoms with Gasteiger partial charge >= 0.3 is 6.03 Å². The maximum Gasteiger partial charge on any atom is 0.323 e. The Hall–Kier alpha value is -4.53. The first kappa shape index (κ1) is 27.1. The number of carbonyl (C=O) groups is 4. The van der Waals surface area contributed by atoms with Gasteiger partial charge in [-0.05, 0) is 60.9 Å². The summed E-state index contributed by atoms with van der Waals surface area (Å²) in [5.74, 6) is -0.767. The summed E-state index contributed by atoms with van der Waals surface area (Å²) in [4.78, 5) is 57.0. The molecule has 3 aromatic carbocycles. The summed E-state index contributed by atoms with van der Waals surface area (Å²) in [5, 5.41) is 2.87. The number of Topliss-reactive ketones (excluding diaryl/α,β-unsaturated/α-hetero) is 1. The summed E-state index contributed by atoms with van der Waals surface area (Å²) in [5.41, 5.74) is 2.73. The first-order valence-electron chi connectivity index (χ1n) is 13.4. The van der Waals surface area contributed by atoms with Gasteiger partial charge in [0, 0.05) is 37.2 Å². The lowest BCUT2D eigenvalue weighted by molar-refractivity contribution is -0.166. The number of anilines is 1. The predicted molar refractivity (Wildman–Crippen MR) is 148 cm³/mol. The number of ketones is 1. The zero-order chi connectivity index (χ0) is 28.2. The third kappa shape index (κ3) is 5.88. The van der Waals surface area contributed by atoms with E-state index < -0.39 is 18.2 Å². The second-order valence-electron chi connectivity index (χ2n) is 10.2. The molecule has 2 saturated heterocycles. The molecule has 0 saturated carbocycles. The van der Waals surface area contributed by atoms with Crippen LogP contribution in [0.5, 0.6) is 0 Å². The Morgan fingerprint density at radius 2 is 1.68 bits per heavy atom. The monoisotopic (exact) mass is 542 g/mol. The Morgan fingerprint density at radius 1 is 0.950 bits per heavy atom. The number of urea groups is 1. The molecule has 2 atom stereocenters. The van der Waals surface area contributed by atoms with Crippen molar-refractivity contribution in [1.82, 2.24) is 14.7 Å². The number of halogens is 1. The van der Waals surface area contributed by atoms with Gasteiger partial charge in [0.05, 0.1) is 6.54 Å². The van der Waals surface area contributed by atoms with E-state index in [9.17, 15) is 23.6 Å². The van der Waals surface area contributed by atoms with Crippen LogP contribution in [0.1, 0.15) is 34.8 Å². The number of fused-ring (bicyclic) bond motifs is 1. The lowest BCUT2D eigenvalue weighted by Gasteiger charge is -2.52. The van der Waals surface area contributed by atoms with E-state index in [4.69, 9.17) is 0 Å². The Kier molecular flexibility index (Phi) is 7.91. The second kappa shape index (κ2) is 11.7. The van der Waals surface area contributed by atoms with Crippen LogP contribution in [-0.4, -0.2) is 70.2 Å². The summed E-state index contributed by atoms with van der Waals surface area (Å²) in [7, 11) is 0. The molecule has 0 bridgehead atoms. The van der Waals surface area contributed by atoms with Crippen LogP contribution in [0.2, 0.25) is 0 Å². The minimum Gasteiger partial charge on any atom is -0.337 e. The van der Waals surface area contributed by atoms with Gasteiger partial charge in [-0.3, -0.25) is 14.4 Å². The van der Waals surface area contributed by atoms with E-state index in [2.05, 4.69) is 5.32 Å². The zero-order valence-electron chi connectivity index (χ0n) is 22.3. The number of carbonyl (C=O) groups excluding carboxylic acids is 4. The van der Waals surface area contributed by atoms with E-state index >= 15 is 0 Å². The van der Waals surface area contributed by atoms with E-state index in [1.54, 1.807) is 45.0 Å². The highest BCUT2D eigenvalue weighted by atomic mass is 19.1. The zero-order valence-corrected chi connectivity index (χ0v) is 22.3. The molecule has 0 aliphatic carbocycles. The van der Waals surface area contributed by atoms with Gasteiger partial charge in [-0.2, -0.15) is 0 Å². The maximum absolute atomic E-state index is 13.8. The van der Waals surface area contributed by atoms with E-state index in [0.717, 1.165) is 11.1 Å². The molecule has 40 heavy (non-hydrogen) atoms. The van der Waals surface area contributed by atoms with Gasteiger partial charge in [0.25, 0.3) is 0 Å². The second-order valence-corrected chi connectivity index (χ2v) is 10.2. The molecule has 3 aromatic rings. The Morgan fingerprint density at radius 3 is 2.38 bits per heavy atom. The van der Waals surface area contributed by atoms with Gasteiger partial charge in [-0.25, -0.2) is 9.18 Å². The molecule has 5 rings (SSSR count). The topological polar surface area (TPSA) is 90.0 Å². The highest BCUT2D eigenvalue weighted by Crippen LogP contribution is 2.28. The quantitative estimate of drug-likeness (QED) is 0.455. The van der Waals surface area contributed by atoms with Crippen molar-refractivity contribution < 1.29 is 23.6 Å². The van der Waals surface area contributed by atoms with Crippen molar-refractivity contribution in [2.24, 2.45) is 0 Å². The van der Waals surface area contributed by atoms with E-state index in [1.807, 2.05) is 36.4 Å². The molecule has 0 spiro atoms. The normalized spacial score (nSPS) is 18.9. The molecule has 0 aromatic heterocycles. The van der Waals surface area contributed by atoms with Gasteiger partial charge < -0.3 is 20.0 Å². The molecule has 2 aliphatic rings. The molecule has 2 fully saturated rings. The molecule has 8 nitrogen and oxygen atoms in total. The number of hydrogen-bond donors (Lipinski definition) is 1. The molecule has 206 valence electrons. The Labute approximate surface area is 232 Å². The number of nitrogens with zero attached hydrogens (tertiary/aromatic N) is 3. The van der Waals surface area contributed by atoms with Gasteiger partial charge in [0.1, 0.15) is 18.0 Å². The van der Waals surface area contributed by atoms with Crippen LogP contribution in [0.4, 0.5) is 14.9 Å². The van der Waals surface area contributed by atoms with Gasteiger partial charge in [0.15, 0.2) is 5.78 Å². The smallest absolute Gasteiger partial charge is 0.323 e. The molecule has 2 heterocycles. The van der Waals surface area contributed by atoms with Gasteiger partial charge in [0.2, 0.25) is 11.8 Å². The number of hydrogen-bond acceptors (Lipinski definition) is 4. The third-order valence-electron chi connectivity index (χ3n) is 7.49. The Balaban J connectivity index is 1.40. The summed E-state index contributed by atoms with van der Waals surface area (Å²) < 4.78 is 13.8. The van der Waals surface area contributed by atoms with E-state index in [-0.39, 0.29) is 42.9 Å². The highest BCUT2D eigenvalue weighted by Gasteiger charge is 2.48. The van der Waals surface area contributed by atoms with Crippen LogP contribution in [0.3, 0.4) is 0 Å². The molecule has 9 heteroatoms. The number of piperazine rings is 1. The SMILES string of the molecule is CC(=O)c1ccc(NC(=O)N2CCC(=O)N3[C@@H]2CN(CCc2cccc(F)c2)C(=O)[C@@H]3Cc2ccccc2)cc1. The van der Waals surface area contributed by atoms with Crippen molar-refractivity contribution >= 4 is 29.3 Å². The molecule has 1 N–H and O–H groups in total. The molecule has 2 aliphatic heterocycles. The van der Waals surface area contributed by atoms with Crippen molar-refractivity contribution in [3.8, 4) is 0 Å². The number of nitrogens with one attached hydrogen (secondary N) is 1. The fraction of sp³-hybridized carbons (Fsp3) is 0.290. The Bertz CT molecular complexity index is 1410. The van der Waals surface area contributed by atoms with E-state index in [1.165, 1.54) is 19.1 Å². The number of benzene rings is 3. The summed E-state index contributed by atoms with van der Waals surface area (Å²) in [6.07, 6.45) is 0.212. The molecule has 4 amide bonds. The molecule has 0 unspecified atom stereocenters. The minimum absolute atomic E-state index is 0.0716. The van der Waals surface area contributed by atoms with Crippen LogP contribution in [0.25, 0.3) is 0 Å². The molecule has 0 radical (unpaired) electrons. The van der Waals surface area contributed by atoms with Gasteiger partial charge in [-0.15, -0.1) is 0 Å². The van der Waals surface area contributed by atoms with Crippen molar-refractivity contribution in [3.05, 3.63) is 101 Å². The maximum atomic E-state index is 13.8. The van der Waals surface area contributed by atoms with Crippen molar-refractivity contribution in [1.29, 1.82) is 0 Å². The average Bonchev–Trinajstić information content (AvgIpc) is 2.94. The minimum atomic E-state index is -0.772. The molecular formula is C31H31FN4O4. The highest BCUT2D eigenvalue weighted by molar-refractivity contribution is 5.96. The first-order chi connectivity index (χ1) is 19.3.